The summed E-state index contributed by atoms with van der Waals surface area (Å²) in [7, 11) is 1.51. The van der Waals surface area contributed by atoms with Gasteiger partial charge in [0.05, 0.1) is 19.3 Å². The van der Waals surface area contributed by atoms with Crippen LogP contribution in [0, 0.1) is 0 Å². The van der Waals surface area contributed by atoms with Crippen molar-refractivity contribution in [3.05, 3.63) is 23.8 Å². The molecule has 1 amide bonds. The Morgan fingerprint density at radius 1 is 1.50 bits per heavy atom. The summed E-state index contributed by atoms with van der Waals surface area (Å²) in [5.74, 6) is 0.251. The maximum atomic E-state index is 12.1. The lowest BCUT2D eigenvalue weighted by atomic mass is 9.99. The van der Waals surface area contributed by atoms with E-state index in [0.29, 0.717) is 23.4 Å². The van der Waals surface area contributed by atoms with E-state index in [1.54, 1.807) is 25.1 Å². The minimum Gasteiger partial charge on any atom is -0.497 e. The van der Waals surface area contributed by atoms with Gasteiger partial charge in [-0.25, -0.2) is 0 Å². The fourth-order valence-corrected chi connectivity index (χ4v) is 1.46. The van der Waals surface area contributed by atoms with Gasteiger partial charge in [-0.15, -0.1) is 0 Å². The molecule has 18 heavy (non-hydrogen) atoms. The number of nitrogens with two attached hydrogens (primary N) is 1. The zero-order valence-electron chi connectivity index (χ0n) is 11.0. The zero-order chi connectivity index (χ0) is 13.8. The molecule has 0 radical (unpaired) electrons. The summed E-state index contributed by atoms with van der Waals surface area (Å²) in [5.41, 5.74) is 5.94. The SMILES string of the molecule is CCC(C)(CO)NC(=O)c1cc(N)cc(OC)c1. The van der Waals surface area contributed by atoms with Crippen molar-refractivity contribution in [2.75, 3.05) is 19.5 Å². The highest BCUT2D eigenvalue weighted by molar-refractivity contribution is 5.96. The van der Waals surface area contributed by atoms with Crippen LogP contribution in [-0.2, 0) is 0 Å². The third-order valence-corrected chi connectivity index (χ3v) is 2.97. The maximum absolute atomic E-state index is 12.1. The van der Waals surface area contributed by atoms with Gasteiger partial charge in [-0.3, -0.25) is 4.79 Å². The number of anilines is 1. The molecule has 1 rings (SSSR count). The van der Waals surface area contributed by atoms with Crippen molar-refractivity contribution in [3.63, 3.8) is 0 Å². The molecule has 1 aromatic rings. The largest absolute Gasteiger partial charge is 0.497 e. The van der Waals surface area contributed by atoms with E-state index >= 15 is 0 Å². The lowest BCUT2D eigenvalue weighted by Gasteiger charge is -2.27. The first kappa shape index (κ1) is 14.3. The maximum Gasteiger partial charge on any atom is 0.251 e. The first-order valence-corrected chi connectivity index (χ1v) is 5.82. The van der Waals surface area contributed by atoms with Crippen molar-refractivity contribution in [1.82, 2.24) is 5.32 Å². The quantitative estimate of drug-likeness (QED) is 0.687. The number of aliphatic hydroxyl groups excluding tert-OH is 1. The number of nitrogens with one attached hydrogen (secondary N) is 1. The second-order valence-electron chi connectivity index (χ2n) is 4.52. The summed E-state index contributed by atoms with van der Waals surface area (Å²) in [4.78, 5) is 12.1. The molecule has 0 saturated heterocycles. The van der Waals surface area contributed by atoms with Gasteiger partial charge in [0, 0.05) is 17.3 Å². The number of rotatable bonds is 5. The molecule has 0 aliphatic rings. The van der Waals surface area contributed by atoms with Gasteiger partial charge in [0.15, 0.2) is 0 Å². The highest BCUT2D eigenvalue weighted by Gasteiger charge is 2.24. The smallest absolute Gasteiger partial charge is 0.251 e. The molecule has 100 valence electrons. The molecule has 5 nitrogen and oxygen atoms in total. The molecule has 5 heteroatoms. The summed E-state index contributed by atoms with van der Waals surface area (Å²) < 4.78 is 5.06. The van der Waals surface area contributed by atoms with Crippen LogP contribution < -0.4 is 15.8 Å². The lowest BCUT2D eigenvalue weighted by Crippen LogP contribution is -2.48. The molecule has 0 aliphatic heterocycles. The first-order valence-electron chi connectivity index (χ1n) is 5.82. The molecular weight excluding hydrogens is 232 g/mol. The van der Waals surface area contributed by atoms with Crippen LogP contribution in [0.25, 0.3) is 0 Å². The summed E-state index contributed by atoms with van der Waals surface area (Å²) in [6.45, 7) is 3.57. The Labute approximate surface area is 107 Å². The van der Waals surface area contributed by atoms with Crippen LogP contribution in [0.2, 0.25) is 0 Å². The van der Waals surface area contributed by atoms with Gasteiger partial charge in [0.1, 0.15) is 5.75 Å². The molecule has 0 fully saturated rings. The van der Waals surface area contributed by atoms with Crippen LogP contribution in [0.5, 0.6) is 5.75 Å². The lowest BCUT2D eigenvalue weighted by molar-refractivity contribution is 0.0847. The molecule has 1 atom stereocenters. The summed E-state index contributed by atoms with van der Waals surface area (Å²) in [6, 6.07) is 4.83. The minimum atomic E-state index is -0.630. The predicted molar refractivity (Wildman–Crippen MR) is 70.7 cm³/mol. The summed E-state index contributed by atoms with van der Waals surface area (Å²) in [6.07, 6.45) is 0.634. The predicted octanol–water partition coefficient (Wildman–Crippen LogP) is 1.17. The fraction of sp³-hybridized carbons (Fsp3) is 0.462. The van der Waals surface area contributed by atoms with E-state index in [-0.39, 0.29) is 12.5 Å². The molecule has 4 N–H and O–H groups in total. The first-order chi connectivity index (χ1) is 8.44. The van der Waals surface area contributed by atoms with E-state index in [0.717, 1.165) is 0 Å². The van der Waals surface area contributed by atoms with E-state index in [9.17, 15) is 9.90 Å². The Balaban J connectivity index is 2.94. The number of methoxy groups -OCH3 is 1. The van der Waals surface area contributed by atoms with Crippen LogP contribution in [0.15, 0.2) is 18.2 Å². The molecule has 0 spiro atoms. The number of carbonyl (C=O) groups excluding carboxylic acids is 1. The molecular formula is C13H20N2O3. The molecule has 0 aromatic heterocycles. The standard InChI is InChI=1S/C13H20N2O3/c1-4-13(2,8-16)15-12(17)9-5-10(14)7-11(6-9)18-3/h5-7,16H,4,8,14H2,1-3H3,(H,15,17). The number of nitrogen functional groups attached to an aromatic ring is 1. The third-order valence-electron chi connectivity index (χ3n) is 2.97. The van der Waals surface area contributed by atoms with Crippen LogP contribution in [0.3, 0.4) is 0 Å². The van der Waals surface area contributed by atoms with Gasteiger partial charge >= 0.3 is 0 Å². The molecule has 0 heterocycles. The van der Waals surface area contributed by atoms with Crippen LogP contribution in [-0.4, -0.2) is 30.3 Å². The van der Waals surface area contributed by atoms with E-state index < -0.39 is 5.54 Å². The second-order valence-corrected chi connectivity index (χ2v) is 4.52. The van der Waals surface area contributed by atoms with E-state index in [1.165, 1.54) is 7.11 Å². The number of aliphatic hydroxyl groups is 1. The van der Waals surface area contributed by atoms with Gasteiger partial charge < -0.3 is 20.9 Å². The Hall–Kier alpha value is -1.75. The van der Waals surface area contributed by atoms with Gasteiger partial charge in [-0.1, -0.05) is 6.92 Å². The number of ether oxygens (including phenoxy) is 1. The van der Waals surface area contributed by atoms with Crippen LogP contribution in [0.1, 0.15) is 30.6 Å². The van der Waals surface area contributed by atoms with Gasteiger partial charge in [0.25, 0.3) is 5.91 Å². The normalized spacial score (nSPS) is 13.8. The van der Waals surface area contributed by atoms with Crippen molar-refractivity contribution in [3.8, 4) is 5.75 Å². The number of amides is 1. The Morgan fingerprint density at radius 3 is 2.67 bits per heavy atom. The van der Waals surface area contributed by atoms with Gasteiger partial charge in [-0.2, -0.15) is 0 Å². The average Bonchev–Trinajstić information content (AvgIpc) is 2.37. The topological polar surface area (TPSA) is 84.6 Å². The Bertz CT molecular complexity index is 428. The minimum absolute atomic E-state index is 0.116. The summed E-state index contributed by atoms with van der Waals surface area (Å²) in [5, 5.41) is 12.1. The van der Waals surface area contributed by atoms with Crippen molar-refractivity contribution < 1.29 is 14.6 Å². The zero-order valence-corrected chi connectivity index (χ0v) is 11.0. The highest BCUT2D eigenvalue weighted by Crippen LogP contribution is 2.19. The Morgan fingerprint density at radius 2 is 2.17 bits per heavy atom. The summed E-state index contributed by atoms with van der Waals surface area (Å²) >= 11 is 0. The van der Waals surface area contributed by atoms with Crippen molar-refractivity contribution >= 4 is 11.6 Å². The molecule has 0 bridgehead atoms. The molecule has 0 saturated carbocycles. The average molecular weight is 252 g/mol. The third kappa shape index (κ3) is 3.37. The van der Waals surface area contributed by atoms with Crippen molar-refractivity contribution in [2.45, 2.75) is 25.8 Å². The fourth-order valence-electron chi connectivity index (χ4n) is 1.46. The van der Waals surface area contributed by atoms with E-state index in [1.807, 2.05) is 6.92 Å². The van der Waals surface area contributed by atoms with Gasteiger partial charge in [-0.05, 0) is 25.5 Å². The highest BCUT2D eigenvalue weighted by atomic mass is 16.5. The Kier molecular flexibility index (Phi) is 4.55. The van der Waals surface area contributed by atoms with Gasteiger partial charge in [0.2, 0.25) is 0 Å². The van der Waals surface area contributed by atoms with Crippen LogP contribution >= 0.6 is 0 Å². The molecule has 1 aromatic carbocycles. The van der Waals surface area contributed by atoms with E-state index in [4.69, 9.17) is 10.5 Å². The number of hydrogen-bond acceptors (Lipinski definition) is 4. The number of carbonyl (C=O) groups is 1. The van der Waals surface area contributed by atoms with E-state index in [2.05, 4.69) is 5.32 Å². The second kappa shape index (κ2) is 5.73. The van der Waals surface area contributed by atoms with Crippen molar-refractivity contribution in [2.24, 2.45) is 0 Å². The van der Waals surface area contributed by atoms with Crippen molar-refractivity contribution in [1.29, 1.82) is 0 Å². The molecule has 1 unspecified atom stereocenters. The number of hydrogen-bond donors (Lipinski definition) is 3. The molecule has 0 aliphatic carbocycles. The van der Waals surface area contributed by atoms with Crippen LogP contribution in [0.4, 0.5) is 5.69 Å². The number of benzene rings is 1. The monoisotopic (exact) mass is 252 g/mol.